The third-order valence-corrected chi connectivity index (χ3v) is 4.17. The van der Waals surface area contributed by atoms with Gasteiger partial charge in [-0.2, -0.15) is 0 Å². The number of hydrogen-bond donors (Lipinski definition) is 2. The van der Waals surface area contributed by atoms with Crippen molar-refractivity contribution in [2.24, 2.45) is 0 Å². The van der Waals surface area contributed by atoms with Crippen LogP contribution in [0.2, 0.25) is 0 Å². The van der Waals surface area contributed by atoms with Gasteiger partial charge in [-0.15, -0.1) is 5.10 Å². The zero-order valence-corrected chi connectivity index (χ0v) is 12.8. The number of pyridine rings is 1. The monoisotopic (exact) mass is 293 g/mol. The van der Waals surface area contributed by atoms with E-state index >= 15 is 0 Å². The highest BCUT2D eigenvalue weighted by atomic mass is 32.2. The standard InChI is InChI=1S/C13H19N5OS/c1-4-5-18-12(19)16-17-13(18)20-7-10-9(3)11(14)8(2)6-15-10/h6H,4-5,7H2,1-3H3,(H2,14,15)(H,16,19). The van der Waals surface area contributed by atoms with Gasteiger partial charge in [0.15, 0.2) is 5.16 Å². The normalized spacial score (nSPS) is 10.9. The van der Waals surface area contributed by atoms with E-state index in [2.05, 4.69) is 15.2 Å². The molecular formula is C13H19N5OS. The molecule has 0 aliphatic rings. The lowest BCUT2D eigenvalue weighted by Gasteiger charge is -2.09. The lowest BCUT2D eigenvalue weighted by atomic mass is 10.1. The summed E-state index contributed by atoms with van der Waals surface area (Å²) >= 11 is 1.49. The number of thioether (sulfide) groups is 1. The van der Waals surface area contributed by atoms with Crippen LogP contribution in [-0.4, -0.2) is 19.7 Å². The number of rotatable bonds is 5. The molecule has 0 aliphatic carbocycles. The fourth-order valence-electron chi connectivity index (χ4n) is 1.90. The minimum atomic E-state index is -0.164. The molecule has 6 nitrogen and oxygen atoms in total. The molecule has 2 rings (SSSR count). The molecule has 0 amide bonds. The molecule has 0 fully saturated rings. The van der Waals surface area contributed by atoms with Gasteiger partial charge >= 0.3 is 5.69 Å². The summed E-state index contributed by atoms with van der Waals surface area (Å²) in [5, 5.41) is 7.23. The Kier molecular flexibility index (Phi) is 4.49. The Morgan fingerprint density at radius 1 is 1.45 bits per heavy atom. The van der Waals surface area contributed by atoms with Crippen LogP contribution in [0.15, 0.2) is 16.1 Å². The summed E-state index contributed by atoms with van der Waals surface area (Å²) in [5.74, 6) is 0.643. The summed E-state index contributed by atoms with van der Waals surface area (Å²) in [5.41, 5.74) is 9.53. The van der Waals surface area contributed by atoms with Crippen molar-refractivity contribution in [3.8, 4) is 0 Å². The van der Waals surface area contributed by atoms with Gasteiger partial charge in [-0.25, -0.2) is 9.89 Å². The van der Waals surface area contributed by atoms with Gasteiger partial charge in [0.25, 0.3) is 0 Å². The first-order valence-electron chi connectivity index (χ1n) is 6.53. The highest BCUT2D eigenvalue weighted by molar-refractivity contribution is 7.98. The summed E-state index contributed by atoms with van der Waals surface area (Å²) < 4.78 is 1.65. The molecule has 0 atom stereocenters. The lowest BCUT2D eigenvalue weighted by molar-refractivity contribution is 0.603. The van der Waals surface area contributed by atoms with Gasteiger partial charge in [0.2, 0.25) is 0 Å². The minimum absolute atomic E-state index is 0.164. The number of hydrogen-bond acceptors (Lipinski definition) is 5. The first-order chi connectivity index (χ1) is 9.54. The van der Waals surface area contributed by atoms with Crippen LogP contribution >= 0.6 is 11.8 Å². The Morgan fingerprint density at radius 3 is 2.90 bits per heavy atom. The molecule has 7 heteroatoms. The molecular weight excluding hydrogens is 274 g/mol. The molecule has 2 aromatic rings. The van der Waals surface area contributed by atoms with E-state index in [-0.39, 0.29) is 5.69 Å². The van der Waals surface area contributed by atoms with Crippen molar-refractivity contribution < 1.29 is 0 Å². The number of nitrogen functional groups attached to an aromatic ring is 1. The number of aromatic nitrogens is 4. The van der Waals surface area contributed by atoms with E-state index < -0.39 is 0 Å². The molecule has 108 valence electrons. The van der Waals surface area contributed by atoms with Crippen molar-refractivity contribution in [3.63, 3.8) is 0 Å². The van der Waals surface area contributed by atoms with Gasteiger partial charge in [0.05, 0.1) is 5.69 Å². The van der Waals surface area contributed by atoms with Crippen LogP contribution in [0.25, 0.3) is 0 Å². The van der Waals surface area contributed by atoms with E-state index in [9.17, 15) is 4.79 Å². The minimum Gasteiger partial charge on any atom is -0.398 e. The fourth-order valence-corrected chi connectivity index (χ4v) is 2.90. The van der Waals surface area contributed by atoms with Crippen LogP contribution in [0.4, 0.5) is 5.69 Å². The van der Waals surface area contributed by atoms with Gasteiger partial charge < -0.3 is 5.73 Å². The molecule has 2 aromatic heterocycles. The largest absolute Gasteiger partial charge is 0.398 e. The Hall–Kier alpha value is -1.76. The number of H-pyrrole nitrogens is 1. The molecule has 0 saturated carbocycles. The van der Waals surface area contributed by atoms with E-state index in [1.807, 2.05) is 20.8 Å². The van der Waals surface area contributed by atoms with Crippen molar-refractivity contribution in [2.75, 3.05) is 5.73 Å². The van der Waals surface area contributed by atoms with Gasteiger partial charge in [-0.1, -0.05) is 18.7 Å². The van der Waals surface area contributed by atoms with Crippen LogP contribution in [0, 0.1) is 13.8 Å². The molecule has 0 unspecified atom stereocenters. The average Bonchev–Trinajstić information content (AvgIpc) is 2.77. The molecule has 0 bridgehead atoms. The maximum absolute atomic E-state index is 11.6. The second-order valence-corrected chi connectivity index (χ2v) is 5.62. The molecule has 3 N–H and O–H groups in total. The number of aromatic amines is 1. The fraction of sp³-hybridized carbons (Fsp3) is 0.462. The van der Waals surface area contributed by atoms with Crippen molar-refractivity contribution in [2.45, 2.75) is 44.6 Å². The molecule has 0 radical (unpaired) electrons. The average molecular weight is 293 g/mol. The molecule has 0 spiro atoms. The summed E-state index contributed by atoms with van der Waals surface area (Å²) in [6.45, 7) is 6.61. The van der Waals surface area contributed by atoms with Crippen LogP contribution in [0.5, 0.6) is 0 Å². The van der Waals surface area contributed by atoms with E-state index in [1.165, 1.54) is 11.8 Å². The van der Waals surface area contributed by atoms with Crippen molar-refractivity contribution >= 4 is 17.4 Å². The highest BCUT2D eigenvalue weighted by Crippen LogP contribution is 2.24. The van der Waals surface area contributed by atoms with Gasteiger partial charge in [-0.05, 0) is 31.4 Å². The second-order valence-electron chi connectivity index (χ2n) is 4.68. The van der Waals surface area contributed by atoms with E-state index in [0.29, 0.717) is 17.5 Å². The third-order valence-electron chi connectivity index (χ3n) is 3.18. The van der Waals surface area contributed by atoms with Gasteiger partial charge in [0, 0.05) is 24.2 Å². The van der Waals surface area contributed by atoms with Gasteiger partial charge in [0.1, 0.15) is 0 Å². The second kappa shape index (κ2) is 6.13. The molecule has 0 aliphatic heterocycles. The van der Waals surface area contributed by atoms with Crippen LogP contribution in [-0.2, 0) is 12.3 Å². The third kappa shape index (κ3) is 2.87. The Bertz CT molecular complexity index is 661. The Morgan fingerprint density at radius 2 is 2.20 bits per heavy atom. The first kappa shape index (κ1) is 14.6. The number of anilines is 1. The van der Waals surface area contributed by atoms with Gasteiger partial charge in [-0.3, -0.25) is 9.55 Å². The van der Waals surface area contributed by atoms with Crippen LogP contribution in [0.1, 0.15) is 30.2 Å². The van der Waals surface area contributed by atoms with Crippen molar-refractivity contribution in [3.05, 3.63) is 33.5 Å². The number of nitrogens with two attached hydrogens (primary N) is 1. The van der Waals surface area contributed by atoms with Crippen LogP contribution in [0.3, 0.4) is 0 Å². The van der Waals surface area contributed by atoms with Crippen molar-refractivity contribution in [1.82, 2.24) is 19.7 Å². The maximum atomic E-state index is 11.6. The smallest absolute Gasteiger partial charge is 0.343 e. The first-order valence-corrected chi connectivity index (χ1v) is 7.51. The molecule has 2 heterocycles. The Labute approximate surface area is 121 Å². The van der Waals surface area contributed by atoms with E-state index in [4.69, 9.17) is 5.73 Å². The number of aryl methyl sites for hydroxylation is 1. The topological polar surface area (TPSA) is 89.6 Å². The van der Waals surface area contributed by atoms with Crippen molar-refractivity contribution in [1.29, 1.82) is 0 Å². The lowest BCUT2D eigenvalue weighted by Crippen LogP contribution is -2.17. The van der Waals surface area contributed by atoms with E-state index in [1.54, 1.807) is 10.8 Å². The summed E-state index contributed by atoms with van der Waals surface area (Å²) in [7, 11) is 0. The van der Waals surface area contributed by atoms with Crippen LogP contribution < -0.4 is 11.4 Å². The molecule has 0 saturated heterocycles. The zero-order chi connectivity index (χ0) is 14.7. The highest BCUT2D eigenvalue weighted by Gasteiger charge is 2.11. The number of nitrogens with one attached hydrogen (secondary N) is 1. The van der Waals surface area contributed by atoms with E-state index in [0.717, 1.165) is 28.9 Å². The number of nitrogens with zero attached hydrogens (tertiary/aromatic N) is 3. The molecule has 0 aromatic carbocycles. The maximum Gasteiger partial charge on any atom is 0.343 e. The Balaban J connectivity index is 2.17. The summed E-state index contributed by atoms with van der Waals surface area (Å²) in [6, 6.07) is 0. The molecule has 20 heavy (non-hydrogen) atoms. The quantitative estimate of drug-likeness (QED) is 0.821. The predicted molar refractivity (Wildman–Crippen MR) is 80.8 cm³/mol. The zero-order valence-electron chi connectivity index (χ0n) is 11.9. The summed E-state index contributed by atoms with van der Waals surface area (Å²) in [4.78, 5) is 16.0. The predicted octanol–water partition coefficient (Wildman–Crippen LogP) is 1.87. The SMILES string of the molecule is CCCn1c(SCc2ncc(C)c(N)c2C)n[nH]c1=O. The summed E-state index contributed by atoms with van der Waals surface area (Å²) in [6.07, 6.45) is 2.67.